The van der Waals surface area contributed by atoms with Crippen LogP contribution in [0, 0.1) is 17.8 Å². The van der Waals surface area contributed by atoms with Gasteiger partial charge in [0.05, 0.1) is 6.61 Å². The lowest BCUT2D eigenvalue weighted by Gasteiger charge is -2.65. The van der Waals surface area contributed by atoms with Crippen molar-refractivity contribution in [1.29, 1.82) is 0 Å². The number of aliphatic hydroxyl groups excluding tert-OH is 4. The molecule has 232 valence electrons. The van der Waals surface area contributed by atoms with Crippen molar-refractivity contribution < 1.29 is 57.6 Å². The quantitative estimate of drug-likeness (QED) is 0.259. The molecule has 11 atom stereocenters. The summed E-state index contributed by atoms with van der Waals surface area (Å²) in [5, 5.41) is 40.3. The van der Waals surface area contributed by atoms with E-state index in [0.29, 0.717) is 37.2 Å². The maximum Gasteiger partial charge on any atom is 0.411 e. The van der Waals surface area contributed by atoms with Gasteiger partial charge >= 0.3 is 6.18 Å². The van der Waals surface area contributed by atoms with Crippen LogP contribution in [0.1, 0.15) is 57.1 Å². The van der Waals surface area contributed by atoms with Gasteiger partial charge in [-0.3, -0.25) is 0 Å². The number of alkyl halides is 4. The van der Waals surface area contributed by atoms with Crippen LogP contribution in [0.5, 0.6) is 5.75 Å². The minimum Gasteiger partial charge on any atom is -0.462 e. The second-order valence-electron chi connectivity index (χ2n) is 11.7. The van der Waals surface area contributed by atoms with E-state index in [-0.39, 0.29) is 28.5 Å². The number of fused-ring (bicyclic) bond motifs is 3. The summed E-state index contributed by atoms with van der Waals surface area (Å²) < 4.78 is 58.1. The highest BCUT2D eigenvalue weighted by atomic mass is 35.5. The number of hydrogen-bond acceptors (Lipinski definition) is 9. The molecular weight excluding hydrogens is 573 g/mol. The van der Waals surface area contributed by atoms with Gasteiger partial charge in [0, 0.05) is 10.9 Å². The van der Waals surface area contributed by atoms with E-state index in [1.807, 2.05) is 13.8 Å². The van der Waals surface area contributed by atoms with Gasteiger partial charge < -0.3 is 34.6 Å². The van der Waals surface area contributed by atoms with Crippen molar-refractivity contribution >= 4 is 11.6 Å². The van der Waals surface area contributed by atoms with Crippen LogP contribution in [-0.4, -0.2) is 81.5 Å². The molecule has 9 nitrogen and oxygen atoms in total. The van der Waals surface area contributed by atoms with Gasteiger partial charge in [-0.1, -0.05) is 32.4 Å². The van der Waals surface area contributed by atoms with E-state index < -0.39 is 61.5 Å². The van der Waals surface area contributed by atoms with Crippen LogP contribution >= 0.6 is 11.6 Å². The van der Waals surface area contributed by atoms with Crippen LogP contribution < -0.4 is 4.74 Å². The monoisotopic (exact) mass is 610 g/mol. The lowest BCUT2D eigenvalue weighted by molar-refractivity contribution is -0.646. The first-order valence-electron chi connectivity index (χ1n) is 14.2. The Morgan fingerprint density at radius 3 is 2.39 bits per heavy atom. The third kappa shape index (κ3) is 5.38. The van der Waals surface area contributed by atoms with Crippen molar-refractivity contribution in [2.24, 2.45) is 17.8 Å². The Morgan fingerprint density at radius 2 is 1.78 bits per heavy atom. The number of aryl methyl sites for hydroxylation is 1. The standard InChI is InChI=1S/C28H38ClF3O9/c1-3-15-5-6-17(11-20(15)38-25-24(36)23(35)22(34)21(12-33)39-25)28(37-13-26(30,31)32)27(40-41-28)16(4-2)7-14-8-18(27)10-19(29)9-14/h5-6,11,14,16,18-19,21-25,33-36H,3-4,7-10,12-13H2,1-2H3/t14?,16?,18?,19?,21-,22+,23+,24-,25-,27?,28?/m1/s1. The molecule has 6 unspecified atom stereocenters. The molecule has 2 heterocycles. The van der Waals surface area contributed by atoms with Gasteiger partial charge in [0.15, 0.2) is 5.60 Å². The van der Waals surface area contributed by atoms with E-state index in [4.69, 9.17) is 35.6 Å². The Balaban J connectivity index is 1.56. The van der Waals surface area contributed by atoms with Gasteiger partial charge in [-0.2, -0.15) is 18.1 Å². The van der Waals surface area contributed by atoms with E-state index in [0.717, 1.165) is 12.8 Å². The van der Waals surface area contributed by atoms with Crippen LogP contribution in [-0.2, 0) is 31.5 Å². The molecule has 1 aromatic carbocycles. The summed E-state index contributed by atoms with van der Waals surface area (Å²) in [6.07, 6.45) is -8.37. The van der Waals surface area contributed by atoms with E-state index in [9.17, 15) is 33.6 Å². The van der Waals surface area contributed by atoms with Crippen molar-refractivity contribution in [1.82, 2.24) is 0 Å². The first kappa shape index (κ1) is 31.2. The molecule has 4 N–H and O–H groups in total. The molecule has 2 bridgehead atoms. The topological polar surface area (TPSA) is 127 Å². The zero-order chi connectivity index (χ0) is 29.7. The fourth-order valence-corrected chi connectivity index (χ4v) is 7.77. The highest BCUT2D eigenvalue weighted by Crippen LogP contribution is 2.65. The molecule has 2 saturated heterocycles. The van der Waals surface area contributed by atoms with Gasteiger partial charge in [-0.15, -0.1) is 11.6 Å². The van der Waals surface area contributed by atoms with Gasteiger partial charge in [0.1, 0.15) is 36.8 Å². The number of rotatable bonds is 8. The molecule has 41 heavy (non-hydrogen) atoms. The van der Waals surface area contributed by atoms with Crippen LogP contribution in [0.2, 0.25) is 0 Å². The van der Waals surface area contributed by atoms with Crippen LogP contribution in [0.3, 0.4) is 0 Å². The van der Waals surface area contributed by atoms with E-state index in [2.05, 4.69) is 0 Å². The van der Waals surface area contributed by atoms with Gasteiger partial charge in [-0.05, 0) is 61.5 Å². The summed E-state index contributed by atoms with van der Waals surface area (Å²) in [6.45, 7) is 1.59. The Morgan fingerprint density at radius 1 is 1.02 bits per heavy atom. The Hall–Kier alpha value is -1.22. The molecular formula is C28H38ClF3O9. The number of halogens is 4. The average molecular weight is 611 g/mol. The van der Waals surface area contributed by atoms with Crippen molar-refractivity contribution in [3.8, 4) is 5.75 Å². The molecule has 0 radical (unpaired) electrons. The predicted molar refractivity (Wildman–Crippen MR) is 138 cm³/mol. The molecule has 2 aliphatic carbocycles. The number of hydrogen-bond donors (Lipinski definition) is 4. The van der Waals surface area contributed by atoms with Crippen molar-refractivity contribution in [3.05, 3.63) is 29.3 Å². The molecule has 1 spiro atoms. The lowest BCUT2D eigenvalue weighted by Crippen LogP contribution is -2.75. The van der Waals surface area contributed by atoms with E-state index >= 15 is 0 Å². The van der Waals surface area contributed by atoms with E-state index in [1.165, 1.54) is 6.07 Å². The Bertz CT molecular complexity index is 1070. The SMILES string of the molecule is CCc1ccc(C2(OCC(F)(F)F)OOC23C(CC)CC2CC(Cl)CC3C2)cc1O[C@@H]1O[C@H](CO)[C@H](O)[C@H](O)[C@H]1O. The van der Waals surface area contributed by atoms with Gasteiger partial charge in [0.25, 0.3) is 5.79 Å². The smallest absolute Gasteiger partial charge is 0.411 e. The average Bonchev–Trinajstić information content (AvgIpc) is 2.91. The molecule has 0 amide bonds. The summed E-state index contributed by atoms with van der Waals surface area (Å²) in [7, 11) is 0. The van der Waals surface area contributed by atoms with Crippen molar-refractivity contribution in [3.63, 3.8) is 0 Å². The highest BCUT2D eigenvalue weighted by Gasteiger charge is 2.75. The fourth-order valence-electron chi connectivity index (χ4n) is 7.30. The predicted octanol–water partition coefficient (Wildman–Crippen LogP) is 3.31. The maximum absolute atomic E-state index is 13.6. The van der Waals surface area contributed by atoms with Crippen LogP contribution in [0.25, 0.3) is 0 Å². The zero-order valence-corrected chi connectivity index (χ0v) is 23.7. The molecule has 2 saturated carbocycles. The first-order valence-corrected chi connectivity index (χ1v) is 14.6. The largest absolute Gasteiger partial charge is 0.462 e. The second-order valence-corrected chi connectivity index (χ2v) is 12.3. The maximum atomic E-state index is 13.6. The van der Waals surface area contributed by atoms with Crippen molar-refractivity contribution in [2.75, 3.05) is 13.2 Å². The summed E-state index contributed by atoms with van der Waals surface area (Å²) in [4.78, 5) is 11.6. The second kappa shape index (κ2) is 11.7. The molecule has 4 aliphatic rings. The van der Waals surface area contributed by atoms with Gasteiger partial charge in [-0.25, -0.2) is 4.89 Å². The Kier molecular flexibility index (Phi) is 8.91. The lowest BCUT2D eigenvalue weighted by atomic mass is 9.54. The van der Waals surface area contributed by atoms with Gasteiger partial charge in [0.2, 0.25) is 6.29 Å². The third-order valence-electron chi connectivity index (χ3n) is 9.24. The summed E-state index contributed by atoms with van der Waals surface area (Å²) in [5.74, 6) is -1.84. The number of ether oxygens (including phenoxy) is 3. The zero-order valence-electron chi connectivity index (χ0n) is 22.9. The molecule has 0 aromatic heterocycles. The molecule has 4 fully saturated rings. The molecule has 2 aliphatic heterocycles. The Labute approximate surface area is 241 Å². The number of benzene rings is 1. The minimum absolute atomic E-state index is 0.148. The summed E-state index contributed by atoms with van der Waals surface area (Å²) in [5.41, 5.74) is -0.371. The highest BCUT2D eigenvalue weighted by molar-refractivity contribution is 6.20. The summed E-state index contributed by atoms with van der Waals surface area (Å²) in [6, 6.07) is 4.78. The number of aliphatic hydroxyl groups is 4. The van der Waals surface area contributed by atoms with Crippen LogP contribution in [0.4, 0.5) is 13.2 Å². The van der Waals surface area contributed by atoms with E-state index in [1.54, 1.807) is 12.1 Å². The fraction of sp³-hybridized carbons (Fsp3) is 0.786. The van der Waals surface area contributed by atoms with Crippen molar-refractivity contribution in [2.45, 2.75) is 106 Å². The van der Waals surface area contributed by atoms with Crippen LogP contribution in [0.15, 0.2) is 18.2 Å². The first-order chi connectivity index (χ1) is 19.4. The summed E-state index contributed by atoms with van der Waals surface area (Å²) >= 11 is 6.61. The molecule has 5 rings (SSSR count). The minimum atomic E-state index is -4.65. The molecule has 1 aromatic rings. The normalized spacial score (nSPS) is 42.6. The third-order valence-corrected chi connectivity index (χ3v) is 9.60. The molecule has 13 heteroatoms.